The lowest BCUT2D eigenvalue weighted by Crippen LogP contribution is -2.42. The highest BCUT2D eigenvalue weighted by Gasteiger charge is 2.22. The van der Waals surface area contributed by atoms with Gasteiger partial charge in [0.1, 0.15) is 0 Å². The third-order valence-electron chi connectivity index (χ3n) is 3.26. The number of piperidine rings is 1. The maximum Gasteiger partial charge on any atom is 0.226 e. The number of hydrogen-bond donors (Lipinski definition) is 1. The SMILES string of the molecule is NOC1CCN(C(=O)Cc2ccc(Cl)cc2)CC1. The van der Waals surface area contributed by atoms with Gasteiger partial charge >= 0.3 is 0 Å². The van der Waals surface area contributed by atoms with Gasteiger partial charge < -0.3 is 9.74 Å². The van der Waals surface area contributed by atoms with E-state index in [-0.39, 0.29) is 12.0 Å². The molecule has 0 saturated carbocycles. The maximum atomic E-state index is 12.1. The van der Waals surface area contributed by atoms with E-state index in [1.807, 2.05) is 17.0 Å². The minimum atomic E-state index is 0.0876. The quantitative estimate of drug-likeness (QED) is 0.850. The van der Waals surface area contributed by atoms with Gasteiger partial charge in [-0.2, -0.15) is 0 Å². The summed E-state index contributed by atoms with van der Waals surface area (Å²) in [6.07, 6.45) is 2.13. The van der Waals surface area contributed by atoms with Crippen molar-refractivity contribution >= 4 is 17.5 Å². The van der Waals surface area contributed by atoms with Gasteiger partial charge in [0.2, 0.25) is 5.91 Å². The van der Waals surface area contributed by atoms with Crippen LogP contribution in [0.2, 0.25) is 5.02 Å². The fourth-order valence-electron chi connectivity index (χ4n) is 2.13. The molecule has 2 N–H and O–H groups in total. The molecule has 1 aliphatic heterocycles. The van der Waals surface area contributed by atoms with Crippen molar-refractivity contribution in [2.45, 2.75) is 25.4 Å². The van der Waals surface area contributed by atoms with Gasteiger partial charge in [-0.15, -0.1) is 0 Å². The summed E-state index contributed by atoms with van der Waals surface area (Å²) in [6.45, 7) is 1.43. The Morgan fingerprint density at radius 3 is 2.50 bits per heavy atom. The van der Waals surface area contributed by atoms with Crippen LogP contribution in [0.1, 0.15) is 18.4 Å². The average Bonchev–Trinajstić information content (AvgIpc) is 2.41. The smallest absolute Gasteiger partial charge is 0.226 e. The van der Waals surface area contributed by atoms with Gasteiger partial charge in [0.15, 0.2) is 0 Å². The van der Waals surface area contributed by atoms with Crippen LogP contribution in [-0.4, -0.2) is 30.0 Å². The van der Waals surface area contributed by atoms with E-state index in [1.54, 1.807) is 12.1 Å². The summed E-state index contributed by atoms with van der Waals surface area (Å²) in [4.78, 5) is 18.7. The third kappa shape index (κ3) is 3.45. The second-order valence-electron chi connectivity index (χ2n) is 4.52. The van der Waals surface area contributed by atoms with E-state index in [2.05, 4.69) is 0 Å². The Labute approximate surface area is 112 Å². The van der Waals surface area contributed by atoms with E-state index in [1.165, 1.54) is 0 Å². The molecule has 1 saturated heterocycles. The number of nitrogens with two attached hydrogens (primary N) is 1. The molecule has 1 fully saturated rings. The molecule has 0 aromatic heterocycles. The molecule has 18 heavy (non-hydrogen) atoms. The molecular formula is C13H17ClN2O2. The Balaban J connectivity index is 1.87. The molecule has 1 amide bonds. The molecule has 5 heteroatoms. The first-order valence-corrected chi connectivity index (χ1v) is 6.44. The summed E-state index contributed by atoms with van der Waals surface area (Å²) in [7, 11) is 0. The molecule has 0 unspecified atom stereocenters. The Morgan fingerprint density at radius 2 is 1.94 bits per heavy atom. The largest absolute Gasteiger partial charge is 0.342 e. The Kier molecular flexibility index (Phi) is 4.58. The van der Waals surface area contributed by atoms with Crippen LogP contribution >= 0.6 is 11.6 Å². The molecule has 1 heterocycles. The van der Waals surface area contributed by atoms with E-state index in [4.69, 9.17) is 22.3 Å². The zero-order valence-corrected chi connectivity index (χ0v) is 10.9. The minimum absolute atomic E-state index is 0.0876. The first-order chi connectivity index (χ1) is 8.69. The lowest BCUT2D eigenvalue weighted by Gasteiger charge is -2.30. The van der Waals surface area contributed by atoms with Crippen molar-refractivity contribution in [3.05, 3.63) is 34.9 Å². The van der Waals surface area contributed by atoms with Gasteiger partial charge in [0, 0.05) is 18.1 Å². The van der Waals surface area contributed by atoms with E-state index in [0.717, 1.165) is 18.4 Å². The molecule has 0 bridgehead atoms. The van der Waals surface area contributed by atoms with Crippen LogP contribution in [0.25, 0.3) is 0 Å². The second-order valence-corrected chi connectivity index (χ2v) is 4.96. The van der Waals surface area contributed by atoms with Crippen LogP contribution in [0.15, 0.2) is 24.3 Å². The summed E-state index contributed by atoms with van der Waals surface area (Å²) in [6, 6.07) is 7.38. The van der Waals surface area contributed by atoms with E-state index < -0.39 is 0 Å². The van der Waals surface area contributed by atoms with Crippen molar-refractivity contribution in [2.24, 2.45) is 5.90 Å². The number of benzene rings is 1. The van der Waals surface area contributed by atoms with Gasteiger partial charge in [-0.3, -0.25) is 4.79 Å². The molecule has 0 aliphatic carbocycles. The monoisotopic (exact) mass is 268 g/mol. The van der Waals surface area contributed by atoms with Crippen LogP contribution in [0, 0.1) is 0 Å². The zero-order valence-electron chi connectivity index (χ0n) is 10.1. The van der Waals surface area contributed by atoms with E-state index in [0.29, 0.717) is 24.5 Å². The fraction of sp³-hybridized carbons (Fsp3) is 0.462. The first kappa shape index (κ1) is 13.3. The van der Waals surface area contributed by atoms with Gasteiger partial charge in [-0.25, -0.2) is 5.90 Å². The molecule has 4 nitrogen and oxygen atoms in total. The van der Waals surface area contributed by atoms with Crippen LogP contribution in [-0.2, 0) is 16.1 Å². The number of hydrogen-bond acceptors (Lipinski definition) is 3. The number of nitrogens with zero attached hydrogens (tertiary/aromatic N) is 1. The number of carbonyl (C=O) groups excluding carboxylic acids is 1. The molecule has 0 atom stereocenters. The van der Waals surface area contributed by atoms with Crippen molar-refractivity contribution in [3.8, 4) is 0 Å². The summed E-state index contributed by atoms with van der Waals surface area (Å²) >= 11 is 5.81. The summed E-state index contributed by atoms with van der Waals surface area (Å²) < 4.78 is 0. The van der Waals surface area contributed by atoms with Crippen molar-refractivity contribution in [3.63, 3.8) is 0 Å². The zero-order chi connectivity index (χ0) is 13.0. The highest BCUT2D eigenvalue weighted by molar-refractivity contribution is 6.30. The Bertz CT molecular complexity index is 400. The van der Waals surface area contributed by atoms with Gasteiger partial charge in [-0.1, -0.05) is 23.7 Å². The number of likely N-dealkylation sites (tertiary alicyclic amines) is 1. The highest BCUT2D eigenvalue weighted by atomic mass is 35.5. The molecule has 2 rings (SSSR count). The van der Waals surface area contributed by atoms with Crippen LogP contribution in [0.5, 0.6) is 0 Å². The molecule has 1 aromatic carbocycles. The van der Waals surface area contributed by atoms with Gasteiger partial charge in [0.25, 0.3) is 0 Å². The molecule has 0 spiro atoms. The summed E-state index contributed by atoms with van der Waals surface area (Å²) in [5.74, 6) is 5.29. The van der Waals surface area contributed by atoms with Crippen molar-refractivity contribution in [2.75, 3.05) is 13.1 Å². The van der Waals surface area contributed by atoms with Crippen molar-refractivity contribution in [1.82, 2.24) is 4.90 Å². The second kappa shape index (κ2) is 6.18. The highest BCUT2D eigenvalue weighted by Crippen LogP contribution is 2.15. The minimum Gasteiger partial charge on any atom is -0.342 e. The maximum absolute atomic E-state index is 12.1. The number of halogens is 1. The predicted octanol–water partition coefficient (Wildman–Crippen LogP) is 1.76. The molecule has 0 radical (unpaired) electrons. The fourth-order valence-corrected chi connectivity index (χ4v) is 2.26. The van der Waals surface area contributed by atoms with Crippen LogP contribution < -0.4 is 5.90 Å². The Hall–Kier alpha value is -1.10. The van der Waals surface area contributed by atoms with Crippen LogP contribution in [0.3, 0.4) is 0 Å². The lowest BCUT2D eigenvalue weighted by molar-refractivity contribution is -0.133. The standard InChI is InChI=1S/C13H17ClN2O2/c14-11-3-1-10(2-4-11)9-13(17)16-7-5-12(18-15)6-8-16/h1-4,12H,5-9,15H2. The molecule has 1 aromatic rings. The van der Waals surface area contributed by atoms with E-state index in [9.17, 15) is 4.79 Å². The average molecular weight is 269 g/mol. The van der Waals surface area contributed by atoms with Crippen molar-refractivity contribution < 1.29 is 9.63 Å². The third-order valence-corrected chi connectivity index (χ3v) is 3.51. The number of carbonyl (C=O) groups is 1. The summed E-state index contributed by atoms with van der Waals surface area (Å²) in [5.41, 5.74) is 0.988. The predicted molar refractivity (Wildman–Crippen MR) is 70.0 cm³/mol. The topological polar surface area (TPSA) is 55.6 Å². The van der Waals surface area contributed by atoms with Crippen molar-refractivity contribution in [1.29, 1.82) is 0 Å². The molecule has 98 valence electrons. The van der Waals surface area contributed by atoms with Crippen LogP contribution in [0.4, 0.5) is 0 Å². The molecular weight excluding hydrogens is 252 g/mol. The normalized spacial score (nSPS) is 16.9. The number of amides is 1. The molecule has 1 aliphatic rings. The van der Waals surface area contributed by atoms with Gasteiger partial charge in [0.05, 0.1) is 12.5 Å². The first-order valence-electron chi connectivity index (χ1n) is 6.07. The van der Waals surface area contributed by atoms with Gasteiger partial charge in [-0.05, 0) is 30.5 Å². The Morgan fingerprint density at radius 1 is 1.33 bits per heavy atom. The number of rotatable bonds is 3. The lowest BCUT2D eigenvalue weighted by atomic mass is 10.1. The van der Waals surface area contributed by atoms with E-state index >= 15 is 0 Å². The summed E-state index contributed by atoms with van der Waals surface area (Å²) in [5, 5.41) is 0.687.